The Morgan fingerprint density at radius 3 is 2.92 bits per heavy atom. The number of aliphatic hydroxyl groups is 1. The molecule has 0 aromatic heterocycles. The van der Waals surface area contributed by atoms with Gasteiger partial charge in [0, 0.05) is 7.11 Å². The number of nitrogens with one attached hydrogen (secondary N) is 3. The van der Waals surface area contributed by atoms with Crippen molar-refractivity contribution in [1.29, 1.82) is 0 Å². The second-order valence-corrected chi connectivity index (χ2v) is 2.44. The molecule has 0 spiro atoms. The average Bonchev–Trinajstić information content (AvgIpc) is 2.04. The summed E-state index contributed by atoms with van der Waals surface area (Å²) in [5.41, 5.74) is 0. The van der Waals surface area contributed by atoms with Crippen LogP contribution in [-0.4, -0.2) is 37.4 Å². The first-order valence-corrected chi connectivity index (χ1v) is 3.73. The second kappa shape index (κ2) is 4.24. The van der Waals surface area contributed by atoms with Crippen molar-refractivity contribution in [2.75, 3.05) is 13.8 Å². The van der Waals surface area contributed by atoms with Gasteiger partial charge in [0.05, 0.1) is 6.17 Å². The van der Waals surface area contributed by atoms with Gasteiger partial charge in [0.15, 0.2) is 12.3 Å². The van der Waals surface area contributed by atoms with Gasteiger partial charge in [0.25, 0.3) is 0 Å². The van der Waals surface area contributed by atoms with E-state index in [9.17, 15) is 0 Å². The van der Waals surface area contributed by atoms with Crippen LogP contribution in [0.15, 0.2) is 4.99 Å². The molecule has 2 unspecified atom stereocenters. The number of guanidine groups is 1. The molecular formula is C6H14N4O2. The summed E-state index contributed by atoms with van der Waals surface area (Å²) in [4.78, 5) is 3.76. The molecule has 1 rings (SSSR count). The molecule has 1 aliphatic heterocycles. The van der Waals surface area contributed by atoms with Crippen LogP contribution in [0.1, 0.15) is 6.92 Å². The molecule has 2 atom stereocenters. The minimum Gasteiger partial charge on any atom is -0.374 e. The van der Waals surface area contributed by atoms with E-state index in [1.807, 2.05) is 6.92 Å². The zero-order valence-electron chi connectivity index (χ0n) is 7.16. The van der Waals surface area contributed by atoms with Gasteiger partial charge < -0.3 is 20.5 Å². The summed E-state index contributed by atoms with van der Waals surface area (Å²) >= 11 is 0. The first kappa shape index (κ1) is 9.24. The maximum Gasteiger partial charge on any atom is 0.197 e. The molecule has 0 saturated carbocycles. The van der Waals surface area contributed by atoms with Gasteiger partial charge in [-0.1, -0.05) is 0 Å². The van der Waals surface area contributed by atoms with Crippen LogP contribution in [0.2, 0.25) is 0 Å². The highest BCUT2D eigenvalue weighted by atomic mass is 16.5. The van der Waals surface area contributed by atoms with Crippen molar-refractivity contribution < 1.29 is 9.84 Å². The van der Waals surface area contributed by atoms with Crippen LogP contribution in [0.3, 0.4) is 0 Å². The van der Waals surface area contributed by atoms with Crippen molar-refractivity contribution in [3.8, 4) is 0 Å². The van der Waals surface area contributed by atoms with Crippen LogP contribution in [0.5, 0.6) is 0 Å². The zero-order valence-corrected chi connectivity index (χ0v) is 7.16. The number of nitrogens with zero attached hydrogens (tertiary/aromatic N) is 1. The first-order valence-electron chi connectivity index (χ1n) is 3.73. The van der Waals surface area contributed by atoms with E-state index in [1.54, 1.807) is 7.11 Å². The normalized spacial score (nSPS) is 32.8. The molecule has 0 amide bonds. The Kier molecular flexibility index (Phi) is 3.27. The summed E-state index contributed by atoms with van der Waals surface area (Å²) in [7, 11) is 1.58. The lowest BCUT2D eigenvalue weighted by Crippen LogP contribution is -2.64. The van der Waals surface area contributed by atoms with Crippen molar-refractivity contribution in [2.45, 2.75) is 19.4 Å². The van der Waals surface area contributed by atoms with Gasteiger partial charge in [0.1, 0.15) is 6.73 Å². The number of rotatable bonds is 2. The van der Waals surface area contributed by atoms with Crippen molar-refractivity contribution in [2.24, 2.45) is 4.99 Å². The monoisotopic (exact) mass is 174 g/mol. The van der Waals surface area contributed by atoms with Crippen LogP contribution in [0, 0.1) is 0 Å². The van der Waals surface area contributed by atoms with Crippen LogP contribution < -0.4 is 16.0 Å². The Morgan fingerprint density at radius 1 is 1.58 bits per heavy atom. The van der Waals surface area contributed by atoms with Gasteiger partial charge in [-0.25, -0.2) is 4.99 Å². The van der Waals surface area contributed by atoms with E-state index in [4.69, 9.17) is 9.84 Å². The Labute approximate surface area is 71.0 Å². The van der Waals surface area contributed by atoms with Crippen molar-refractivity contribution >= 4 is 5.96 Å². The number of aliphatic imine (C=N–C) groups is 1. The summed E-state index contributed by atoms with van der Waals surface area (Å²) < 4.78 is 5.01. The molecule has 1 saturated heterocycles. The zero-order chi connectivity index (χ0) is 8.97. The lowest BCUT2D eigenvalue weighted by atomic mass is 10.5. The van der Waals surface area contributed by atoms with E-state index in [1.165, 1.54) is 0 Å². The van der Waals surface area contributed by atoms with Gasteiger partial charge in [-0.15, -0.1) is 0 Å². The molecule has 0 bridgehead atoms. The minimum atomic E-state index is -0.258. The largest absolute Gasteiger partial charge is 0.374 e. The smallest absolute Gasteiger partial charge is 0.197 e. The molecule has 6 nitrogen and oxygen atoms in total. The molecule has 12 heavy (non-hydrogen) atoms. The third-order valence-electron chi connectivity index (χ3n) is 1.49. The molecule has 0 aliphatic carbocycles. The lowest BCUT2D eigenvalue weighted by Gasteiger charge is -2.31. The fourth-order valence-electron chi connectivity index (χ4n) is 0.970. The van der Waals surface area contributed by atoms with Crippen LogP contribution >= 0.6 is 0 Å². The molecule has 1 fully saturated rings. The van der Waals surface area contributed by atoms with E-state index >= 15 is 0 Å². The van der Waals surface area contributed by atoms with Gasteiger partial charge in [-0.3, -0.25) is 5.32 Å². The number of methoxy groups -OCH3 is 1. The van der Waals surface area contributed by atoms with E-state index in [2.05, 4.69) is 20.9 Å². The highest BCUT2D eigenvalue weighted by Crippen LogP contribution is 1.90. The SMILES string of the molecule is COC1N/C(=N/CO)NC(C)N1. The summed E-state index contributed by atoms with van der Waals surface area (Å²) in [6.07, 6.45) is -0.187. The third kappa shape index (κ3) is 2.33. The number of ether oxygens (including phenoxy) is 1. The molecule has 0 radical (unpaired) electrons. The molecule has 70 valence electrons. The fourth-order valence-corrected chi connectivity index (χ4v) is 0.970. The van der Waals surface area contributed by atoms with Crippen molar-refractivity contribution in [3.63, 3.8) is 0 Å². The van der Waals surface area contributed by atoms with E-state index in [-0.39, 0.29) is 19.2 Å². The Bertz CT molecular complexity index is 173. The summed E-state index contributed by atoms with van der Waals surface area (Å²) in [5.74, 6) is 0.538. The molecule has 1 heterocycles. The van der Waals surface area contributed by atoms with E-state index in [0.717, 1.165) is 0 Å². The Morgan fingerprint density at radius 2 is 2.33 bits per heavy atom. The minimum absolute atomic E-state index is 0.0708. The Balaban J connectivity index is 2.51. The third-order valence-corrected chi connectivity index (χ3v) is 1.49. The second-order valence-electron chi connectivity index (χ2n) is 2.44. The Hall–Kier alpha value is -0.850. The highest BCUT2D eigenvalue weighted by molar-refractivity contribution is 5.80. The first-order chi connectivity index (χ1) is 5.76. The van der Waals surface area contributed by atoms with Crippen molar-refractivity contribution in [3.05, 3.63) is 0 Å². The van der Waals surface area contributed by atoms with Crippen LogP contribution in [0.25, 0.3) is 0 Å². The topological polar surface area (TPSA) is 77.9 Å². The average molecular weight is 174 g/mol. The summed E-state index contributed by atoms with van der Waals surface area (Å²) in [5, 5.41) is 17.4. The van der Waals surface area contributed by atoms with Gasteiger partial charge >= 0.3 is 0 Å². The van der Waals surface area contributed by atoms with Crippen molar-refractivity contribution in [1.82, 2.24) is 16.0 Å². The van der Waals surface area contributed by atoms with Crippen LogP contribution in [0.4, 0.5) is 0 Å². The molecule has 1 aliphatic rings. The van der Waals surface area contributed by atoms with E-state index in [0.29, 0.717) is 5.96 Å². The van der Waals surface area contributed by atoms with Gasteiger partial charge in [-0.2, -0.15) is 0 Å². The highest BCUT2D eigenvalue weighted by Gasteiger charge is 2.18. The predicted octanol–water partition coefficient (Wildman–Crippen LogP) is -1.65. The number of hydrogen-bond donors (Lipinski definition) is 4. The maximum absolute atomic E-state index is 8.54. The maximum atomic E-state index is 8.54. The van der Waals surface area contributed by atoms with E-state index < -0.39 is 0 Å². The summed E-state index contributed by atoms with van der Waals surface area (Å²) in [6, 6.07) is 0. The fraction of sp³-hybridized carbons (Fsp3) is 0.833. The lowest BCUT2D eigenvalue weighted by molar-refractivity contribution is 0.0411. The number of hydrogen-bond acceptors (Lipinski definition) is 4. The summed E-state index contributed by atoms with van der Waals surface area (Å²) in [6.45, 7) is 1.69. The van der Waals surface area contributed by atoms with Gasteiger partial charge in [-0.05, 0) is 6.92 Å². The quantitative estimate of drug-likeness (QED) is 0.403. The molecule has 4 N–H and O–H groups in total. The predicted molar refractivity (Wildman–Crippen MR) is 44.2 cm³/mol. The molecular weight excluding hydrogens is 160 g/mol. The van der Waals surface area contributed by atoms with Crippen LogP contribution in [-0.2, 0) is 4.74 Å². The molecule has 6 heteroatoms. The van der Waals surface area contributed by atoms with Gasteiger partial charge in [0.2, 0.25) is 0 Å². The number of aliphatic hydroxyl groups excluding tert-OH is 1. The standard InChI is InChI=1S/C6H14N4O2/c1-4-8-5(7-3-11)10-6(9-4)12-2/h4,6,9,11H,3H2,1-2H3,(H2,7,8,10). The molecule has 0 aromatic rings. The molecule has 0 aromatic carbocycles.